The van der Waals surface area contributed by atoms with Gasteiger partial charge in [0.05, 0.1) is 0 Å². The van der Waals surface area contributed by atoms with E-state index in [9.17, 15) is 14.4 Å². The molecule has 0 aliphatic rings. The van der Waals surface area contributed by atoms with E-state index in [1.807, 2.05) is 0 Å². The lowest BCUT2D eigenvalue weighted by Gasteiger charge is -2.18. The van der Waals surface area contributed by atoms with Crippen molar-refractivity contribution in [1.29, 1.82) is 0 Å². The SMILES string of the molecule is CC/C=C\C/C=C\C/C=C\C/C=C\C/C=C\CCCCCC(=O)OC(COC(=O)CCCCCCCCCCCCCCCC)COC(=O)CCCCCCCCCCCCCCCCCCCCCCCCCCCCC. The Bertz CT molecular complexity index is 1390. The number of carbonyl (C=O) groups excluding carboxylic acids is 3. The molecule has 0 saturated carbocycles. The molecule has 0 aromatic heterocycles. The second kappa shape index (κ2) is 66.6. The van der Waals surface area contributed by atoms with E-state index in [1.165, 1.54) is 225 Å². The van der Waals surface area contributed by atoms with Crippen LogP contribution in [0.25, 0.3) is 0 Å². The molecule has 0 aromatic rings. The molecule has 1 atom stereocenters. The van der Waals surface area contributed by atoms with Crippen LogP contribution in [-0.4, -0.2) is 37.2 Å². The van der Waals surface area contributed by atoms with Gasteiger partial charge in [-0.3, -0.25) is 14.4 Å². The number of allylic oxidation sites excluding steroid dienone is 10. The zero-order valence-electron chi connectivity index (χ0n) is 52.2. The van der Waals surface area contributed by atoms with Gasteiger partial charge in [-0.15, -0.1) is 0 Å². The number of carbonyl (C=O) groups is 3. The number of esters is 3. The minimum absolute atomic E-state index is 0.0830. The highest BCUT2D eigenvalue weighted by atomic mass is 16.6. The normalized spacial score (nSPS) is 12.4. The van der Waals surface area contributed by atoms with Crippen LogP contribution in [0.1, 0.15) is 361 Å². The monoisotopic (exact) mass is 1090 g/mol. The second-order valence-electron chi connectivity index (χ2n) is 23.1. The van der Waals surface area contributed by atoms with Gasteiger partial charge in [-0.1, -0.05) is 338 Å². The molecule has 0 aliphatic heterocycles. The van der Waals surface area contributed by atoms with Gasteiger partial charge >= 0.3 is 17.9 Å². The molecule has 1 unspecified atom stereocenters. The third-order valence-corrected chi connectivity index (χ3v) is 15.3. The molecule has 0 fully saturated rings. The van der Waals surface area contributed by atoms with Gasteiger partial charge in [0.2, 0.25) is 0 Å². The van der Waals surface area contributed by atoms with Crippen molar-refractivity contribution in [3.63, 3.8) is 0 Å². The molecule has 6 nitrogen and oxygen atoms in total. The number of rotatable bonds is 63. The van der Waals surface area contributed by atoms with Crippen LogP contribution >= 0.6 is 0 Å². The predicted molar refractivity (Wildman–Crippen MR) is 339 cm³/mol. The van der Waals surface area contributed by atoms with E-state index in [0.717, 1.165) is 96.3 Å². The quantitative estimate of drug-likeness (QED) is 0.0261. The summed E-state index contributed by atoms with van der Waals surface area (Å²) in [5.41, 5.74) is 0. The highest BCUT2D eigenvalue weighted by molar-refractivity contribution is 5.71. The van der Waals surface area contributed by atoms with Crippen LogP contribution in [0.2, 0.25) is 0 Å². The van der Waals surface area contributed by atoms with E-state index in [-0.39, 0.29) is 31.1 Å². The fourth-order valence-electron chi connectivity index (χ4n) is 10.2. The van der Waals surface area contributed by atoms with Crippen LogP contribution in [0.3, 0.4) is 0 Å². The van der Waals surface area contributed by atoms with Crippen LogP contribution in [-0.2, 0) is 28.6 Å². The standard InChI is InChI=1S/C72H130O6/c1-4-7-10-13-16-19-22-25-28-30-32-33-34-35-36-37-38-39-41-42-44-47-50-53-56-59-62-65-71(74)77-68-69(67-76-70(73)64-61-58-55-52-49-46-27-24-21-18-15-12-9-6-3)78-72(75)66-63-60-57-54-51-48-45-43-40-31-29-26-23-20-17-14-11-8-5-2/h8,11,17,20,26,29,40,43,48,51,69H,4-7,9-10,12-16,18-19,21-25,27-28,30-39,41-42,44-47,49-50,52-68H2,1-3H3/b11-8-,20-17-,29-26-,43-40-,51-48-. The third kappa shape index (κ3) is 63.9. The Kier molecular flexibility index (Phi) is 64.2. The average Bonchev–Trinajstić information content (AvgIpc) is 3.44. The van der Waals surface area contributed by atoms with Gasteiger partial charge in [-0.05, 0) is 64.2 Å². The van der Waals surface area contributed by atoms with Gasteiger partial charge < -0.3 is 14.2 Å². The zero-order valence-corrected chi connectivity index (χ0v) is 52.2. The van der Waals surface area contributed by atoms with Crippen LogP contribution < -0.4 is 0 Å². The second-order valence-corrected chi connectivity index (χ2v) is 23.1. The van der Waals surface area contributed by atoms with Crippen molar-refractivity contribution in [2.45, 2.75) is 367 Å². The van der Waals surface area contributed by atoms with E-state index in [1.54, 1.807) is 0 Å². The molecular weight excluding hydrogens is 961 g/mol. The van der Waals surface area contributed by atoms with Crippen molar-refractivity contribution in [3.8, 4) is 0 Å². The minimum Gasteiger partial charge on any atom is -0.462 e. The Labute approximate surface area is 485 Å². The topological polar surface area (TPSA) is 78.9 Å². The molecule has 0 rings (SSSR count). The number of hydrogen-bond donors (Lipinski definition) is 0. The summed E-state index contributed by atoms with van der Waals surface area (Å²) in [6, 6.07) is 0. The first-order valence-electron chi connectivity index (χ1n) is 34.3. The van der Waals surface area contributed by atoms with Gasteiger partial charge in [-0.2, -0.15) is 0 Å². The Morgan fingerprint density at radius 2 is 0.500 bits per heavy atom. The summed E-state index contributed by atoms with van der Waals surface area (Å²) in [6.45, 7) is 6.56. The average molecular weight is 1090 g/mol. The molecule has 0 spiro atoms. The molecule has 0 radical (unpaired) electrons. The maximum Gasteiger partial charge on any atom is 0.306 e. The van der Waals surface area contributed by atoms with Crippen LogP contribution in [0.4, 0.5) is 0 Å². The van der Waals surface area contributed by atoms with Crippen LogP contribution in [0, 0.1) is 0 Å². The Hall–Kier alpha value is -2.89. The smallest absolute Gasteiger partial charge is 0.306 e. The first-order valence-corrected chi connectivity index (χ1v) is 34.3. The number of ether oxygens (including phenoxy) is 3. The number of hydrogen-bond acceptors (Lipinski definition) is 6. The van der Waals surface area contributed by atoms with Crippen molar-refractivity contribution >= 4 is 17.9 Å². The van der Waals surface area contributed by atoms with Crippen molar-refractivity contribution in [3.05, 3.63) is 60.8 Å². The van der Waals surface area contributed by atoms with Gasteiger partial charge in [0.1, 0.15) is 13.2 Å². The van der Waals surface area contributed by atoms with Gasteiger partial charge in [0, 0.05) is 19.3 Å². The molecule has 454 valence electrons. The molecule has 6 heteroatoms. The Balaban J connectivity index is 4.27. The van der Waals surface area contributed by atoms with Crippen LogP contribution in [0.15, 0.2) is 60.8 Å². The lowest BCUT2D eigenvalue weighted by molar-refractivity contribution is -0.167. The van der Waals surface area contributed by atoms with Crippen molar-refractivity contribution in [1.82, 2.24) is 0 Å². The van der Waals surface area contributed by atoms with E-state index < -0.39 is 6.10 Å². The summed E-state index contributed by atoms with van der Waals surface area (Å²) in [4.78, 5) is 38.4. The maximum atomic E-state index is 12.9. The molecule has 0 heterocycles. The zero-order chi connectivity index (χ0) is 56.4. The van der Waals surface area contributed by atoms with Crippen molar-refractivity contribution in [2.24, 2.45) is 0 Å². The molecule has 0 amide bonds. The molecule has 0 saturated heterocycles. The lowest BCUT2D eigenvalue weighted by atomic mass is 10.0. The fourth-order valence-corrected chi connectivity index (χ4v) is 10.2. The summed E-state index contributed by atoms with van der Waals surface area (Å²) in [7, 11) is 0. The van der Waals surface area contributed by atoms with Gasteiger partial charge in [-0.25, -0.2) is 0 Å². The largest absolute Gasteiger partial charge is 0.462 e. The van der Waals surface area contributed by atoms with Crippen molar-refractivity contribution in [2.75, 3.05) is 13.2 Å². The summed E-state index contributed by atoms with van der Waals surface area (Å²) in [6.07, 6.45) is 85.4. The molecule has 0 aromatic carbocycles. The van der Waals surface area contributed by atoms with Gasteiger partial charge in [0.25, 0.3) is 0 Å². The summed E-state index contributed by atoms with van der Waals surface area (Å²) in [5.74, 6) is -0.893. The molecule has 0 N–H and O–H groups in total. The summed E-state index contributed by atoms with van der Waals surface area (Å²) >= 11 is 0. The predicted octanol–water partition coefficient (Wildman–Crippen LogP) is 23.5. The number of unbranched alkanes of at least 4 members (excludes halogenated alkanes) is 42. The summed E-state index contributed by atoms with van der Waals surface area (Å²) in [5, 5.41) is 0. The molecule has 0 aliphatic carbocycles. The highest BCUT2D eigenvalue weighted by Gasteiger charge is 2.19. The van der Waals surface area contributed by atoms with E-state index in [0.29, 0.717) is 19.3 Å². The Morgan fingerprint density at radius 3 is 0.782 bits per heavy atom. The maximum absolute atomic E-state index is 12.9. The van der Waals surface area contributed by atoms with E-state index in [4.69, 9.17) is 14.2 Å². The van der Waals surface area contributed by atoms with Gasteiger partial charge in [0.15, 0.2) is 6.10 Å². The molecule has 0 bridgehead atoms. The highest BCUT2D eigenvalue weighted by Crippen LogP contribution is 2.18. The summed E-state index contributed by atoms with van der Waals surface area (Å²) < 4.78 is 16.9. The van der Waals surface area contributed by atoms with E-state index in [2.05, 4.69) is 81.5 Å². The van der Waals surface area contributed by atoms with E-state index >= 15 is 0 Å². The minimum atomic E-state index is -0.790. The van der Waals surface area contributed by atoms with Crippen molar-refractivity contribution < 1.29 is 28.6 Å². The molecular formula is C72H130O6. The lowest BCUT2D eigenvalue weighted by Crippen LogP contribution is -2.30. The molecule has 78 heavy (non-hydrogen) atoms. The van der Waals surface area contributed by atoms with Crippen LogP contribution in [0.5, 0.6) is 0 Å². The Morgan fingerprint density at radius 1 is 0.269 bits per heavy atom. The first-order chi connectivity index (χ1) is 38.5. The first kappa shape index (κ1) is 75.1. The third-order valence-electron chi connectivity index (χ3n) is 15.3. The fraction of sp³-hybridized carbons (Fsp3) is 0.819.